The number of rotatable bonds is 6. The molecular weight excluding hydrogens is 250 g/mol. The minimum absolute atomic E-state index is 0.0588. The third-order valence-corrected chi connectivity index (χ3v) is 4.09. The second-order valence-corrected chi connectivity index (χ2v) is 7.72. The van der Waals surface area contributed by atoms with Crippen molar-refractivity contribution in [1.29, 1.82) is 0 Å². The van der Waals surface area contributed by atoms with E-state index in [0.717, 1.165) is 12.8 Å². The number of carboxylic acids is 1. The molecule has 1 rings (SSSR count). The molecule has 0 aromatic carbocycles. The SMILES string of the molecule is CC(CN(C(=O)CSC(C)(C)C)C1CC1)C(=O)O. The molecule has 0 spiro atoms. The van der Waals surface area contributed by atoms with Crippen molar-refractivity contribution in [2.45, 2.75) is 51.3 Å². The number of nitrogens with zero attached hydrogens (tertiary/aromatic N) is 1. The Morgan fingerprint density at radius 3 is 2.33 bits per heavy atom. The normalized spacial score (nSPS) is 17.3. The molecule has 0 aromatic rings. The molecule has 1 saturated carbocycles. The number of amides is 1. The molecule has 1 atom stereocenters. The molecule has 1 fully saturated rings. The molecule has 104 valence electrons. The van der Waals surface area contributed by atoms with Crippen LogP contribution in [-0.4, -0.2) is 45.0 Å². The molecule has 1 aliphatic carbocycles. The van der Waals surface area contributed by atoms with Crippen molar-refractivity contribution < 1.29 is 14.7 Å². The van der Waals surface area contributed by atoms with E-state index in [9.17, 15) is 9.59 Å². The zero-order chi connectivity index (χ0) is 13.9. The van der Waals surface area contributed by atoms with E-state index in [0.29, 0.717) is 12.3 Å². The van der Waals surface area contributed by atoms with Crippen LogP contribution in [0.15, 0.2) is 0 Å². The summed E-state index contributed by atoms with van der Waals surface area (Å²) in [4.78, 5) is 24.8. The zero-order valence-corrected chi connectivity index (χ0v) is 12.4. The molecule has 0 radical (unpaired) electrons. The third kappa shape index (κ3) is 5.29. The molecule has 0 aromatic heterocycles. The number of hydrogen-bond donors (Lipinski definition) is 1. The molecule has 18 heavy (non-hydrogen) atoms. The van der Waals surface area contributed by atoms with Crippen molar-refractivity contribution in [3.8, 4) is 0 Å². The fourth-order valence-electron chi connectivity index (χ4n) is 1.58. The van der Waals surface area contributed by atoms with E-state index in [1.54, 1.807) is 23.6 Å². The monoisotopic (exact) mass is 273 g/mol. The maximum absolute atomic E-state index is 12.1. The Morgan fingerprint density at radius 2 is 1.94 bits per heavy atom. The number of aliphatic carboxylic acids is 1. The number of thioether (sulfide) groups is 1. The smallest absolute Gasteiger partial charge is 0.308 e. The van der Waals surface area contributed by atoms with Gasteiger partial charge in [-0.25, -0.2) is 0 Å². The average Bonchev–Trinajstić information content (AvgIpc) is 3.04. The minimum atomic E-state index is -0.836. The van der Waals surface area contributed by atoms with Gasteiger partial charge in [-0.2, -0.15) is 0 Å². The van der Waals surface area contributed by atoms with Crippen LogP contribution in [0.2, 0.25) is 0 Å². The van der Waals surface area contributed by atoms with Crippen molar-refractivity contribution in [2.24, 2.45) is 5.92 Å². The van der Waals surface area contributed by atoms with Gasteiger partial charge in [-0.1, -0.05) is 27.7 Å². The molecular formula is C13H23NO3S. The van der Waals surface area contributed by atoms with E-state index in [1.165, 1.54) is 0 Å². The highest BCUT2D eigenvalue weighted by Crippen LogP contribution is 2.30. The maximum atomic E-state index is 12.1. The number of hydrogen-bond acceptors (Lipinski definition) is 3. The molecule has 4 nitrogen and oxygen atoms in total. The van der Waals surface area contributed by atoms with Crippen molar-refractivity contribution in [1.82, 2.24) is 4.90 Å². The Labute approximate surface area is 113 Å². The average molecular weight is 273 g/mol. The van der Waals surface area contributed by atoms with Crippen LogP contribution in [-0.2, 0) is 9.59 Å². The first-order chi connectivity index (χ1) is 8.20. The van der Waals surface area contributed by atoms with Crippen LogP contribution in [0.5, 0.6) is 0 Å². The van der Waals surface area contributed by atoms with E-state index in [1.807, 2.05) is 0 Å². The van der Waals surface area contributed by atoms with Crippen LogP contribution in [0.1, 0.15) is 40.5 Å². The number of carboxylic acid groups (broad SMARTS) is 1. The molecule has 0 heterocycles. The molecule has 0 bridgehead atoms. The molecule has 1 unspecified atom stereocenters. The van der Waals surface area contributed by atoms with Gasteiger partial charge in [0.1, 0.15) is 0 Å². The Balaban J connectivity index is 2.51. The maximum Gasteiger partial charge on any atom is 0.308 e. The summed E-state index contributed by atoms with van der Waals surface area (Å²) in [7, 11) is 0. The summed E-state index contributed by atoms with van der Waals surface area (Å²) < 4.78 is 0.0588. The largest absolute Gasteiger partial charge is 0.481 e. The highest BCUT2D eigenvalue weighted by molar-refractivity contribution is 8.01. The zero-order valence-electron chi connectivity index (χ0n) is 11.6. The predicted octanol–water partition coefficient (Wildman–Crippen LogP) is 2.23. The Bertz CT molecular complexity index is 321. The summed E-state index contributed by atoms with van der Waals surface area (Å²) >= 11 is 1.61. The van der Waals surface area contributed by atoms with Crippen LogP contribution in [0.4, 0.5) is 0 Å². The summed E-state index contributed by atoms with van der Waals surface area (Å²) in [5.74, 6) is -0.816. The van der Waals surface area contributed by atoms with Gasteiger partial charge in [0.05, 0.1) is 11.7 Å². The lowest BCUT2D eigenvalue weighted by Gasteiger charge is -2.26. The summed E-state index contributed by atoms with van der Waals surface area (Å²) in [6.45, 7) is 8.22. The van der Waals surface area contributed by atoms with Crippen molar-refractivity contribution in [2.75, 3.05) is 12.3 Å². The van der Waals surface area contributed by atoms with Crippen molar-refractivity contribution >= 4 is 23.6 Å². The van der Waals surface area contributed by atoms with E-state index >= 15 is 0 Å². The summed E-state index contributed by atoms with van der Waals surface area (Å²) in [6, 6.07) is 0.278. The van der Waals surface area contributed by atoms with Gasteiger partial charge in [-0.15, -0.1) is 11.8 Å². The second kappa shape index (κ2) is 5.95. The topological polar surface area (TPSA) is 57.6 Å². The second-order valence-electron chi connectivity index (χ2n) is 5.92. The highest BCUT2D eigenvalue weighted by Gasteiger charge is 2.34. The fourth-order valence-corrected chi connectivity index (χ4v) is 2.30. The van der Waals surface area contributed by atoms with Gasteiger partial charge in [0.2, 0.25) is 5.91 Å². The lowest BCUT2D eigenvalue weighted by molar-refractivity contribution is -0.142. The summed E-state index contributed by atoms with van der Waals surface area (Å²) in [5, 5.41) is 8.93. The number of carbonyl (C=O) groups excluding carboxylic acids is 1. The van der Waals surface area contributed by atoms with Gasteiger partial charge in [-0.05, 0) is 12.8 Å². The molecule has 1 amide bonds. The molecule has 5 heteroatoms. The van der Waals surface area contributed by atoms with E-state index in [4.69, 9.17) is 5.11 Å². The third-order valence-electron chi connectivity index (χ3n) is 2.83. The van der Waals surface area contributed by atoms with Gasteiger partial charge in [-0.3, -0.25) is 9.59 Å². The molecule has 0 saturated heterocycles. The Hall–Kier alpha value is -0.710. The van der Waals surface area contributed by atoms with E-state index in [-0.39, 0.29) is 16.7 Å². The van der Waals surface area contributed by atoms with Gasteiger partial charge >= 0.3 is 5.97 Å². The summed E-state index contributed by atoms with van der Waals surface area (Å²) in [6.07, 6.45) is 2.02. The van der Waals surface area contributed by atoms with Crippen LogP contribution in [0.3, 0.4) is 0 Å². The van der Waals surface area contributed by atoms with Gasteiger partial charge in [0, 0.05) is 17.3 Å². The lowest BCUT2D eigenvalue weighted by atomic mass is 10.1. The van der Waals surface area contributed by atoms with E-state index in [2.05, 4.69) is 20.8 Å². The standard InChI is InChI=1S/C13H23NO3S/c1-9(12(16)17)7-14(10-5-6-10)11(15)8-18-13(2,3)4/h9-10H,5-8H2,1-4H3,(H,16,17). The molecule has 0 aliphatic heterocycles. The van der Waals surface area contributed by atoms with Crippen LogP contribution in [0.25, 0.3) is 0 Å². The first kappa shape index (κ1) is 15.3. The van der Waals surface area contributed by atoms with Crippen LogP contribution in [0, 0.1) is 5.92 Å². The molecule has 1 aliphatic rings. The van der Waals surface area contributed by atoms with Gasteiger partial charge in [0.25, 0.3) is 0 Å². The van der Waals surface area contributed by atoms with Gasteiger partial charge < -0.3 is 10.0 Å². The Kier molecular flexibility index (Phi) is 5.08. The quantitative estimate of drug-likeness (QED) is 0.806. The minimum Gasteiger partial charge on any atom is -0.481 e. The first-order valence-electron chi connectivity index (χ1n) is 6.37. The summed E-state index contributed by atoms with van der Waals surface area (Å²) in [5.41, 5.74) is 0. The van der Waals surface area contributed by atoms with Crippen molar-refractivity contribution in [3.63, 3.8) is 0 Å². The van der Waals surface area contributed by atoms with E-state index < -0.39 is 11.9 Å². The highest BCUT2D eigenvalue weighted by atomic mass is 32.2. The molecule has 1 N–H and O–H groups in total. The van der Waals surface area contributed by atoms with Gasteiger partial charge in [0.15, 0.2) is 0 Å². The predicted molar refractivity (Wildman–Crippen MR) is 73.7 cm³/mol. The van der Waals surface area contributed by atoms with Crippen LogP contribution >= 0.6 is 11.8 Å². The lowest BCUT2D eigenvalue weighted by Crippen LogP contribution is -2.40. The first-order valence-corrected chi connectivity index (χ1v) is 7.35. The number of carbonyl (C=O) groups is 2. The van der Waals surface area contributed by atoms with Crippen molar-refractivity contribution in [3.05, 3.63) is 0 Å². The van der Waals surface area contributed by atoms with Crippen LogP contribution < -0.4 is 0 Å². The fraction of sp³-hybridized carbons (Fsp3) is 0.846. The Morgan fingerprint density at radius 1 is 1.39 bits per heavy atom.